The van der Waals surface area contributed by atoms with E-state index in [9.17, 15) is 4.79 Å². The van der Waals surface area contributed by atoms with Crippen LogP contribution < -0.4 is 5.32 Å². The van der Waals surface area contributed by atoms with Crippen molar-refractivity contribution in [2.45, 2.75) is 44.7 Å². The van der Waals surface area contributed by atoms with Gasteiger partial charge < -0.3 is 9.73 Å². The summed E-state index contributed by atoms with van der Waals surface area (Å²) < 4.78 is 5.13. The van der Waals surface area contributed by atoms with Crippen LogP contribution in [-0.2, 0) is 12.8 Å². The molecule has 0 spiro atoms. The van der Waals surface area contributed by atoms with Crippen molar-refractivity contribution in [1.29, 1.82) is 0 Å². The lowest BCUT2D eigenvalue weighted by Crippen LogP contribution is -2.51. The minimum atomic E-state index is -0.122. The van der Waals surface area contributed by atoms with E-state index in [1.54, 1.807) is 6.92 Å². The number of benzene rings is 1. The van der Waals surface area contributed by atoms with Crippen LogP contribution in [0.25, 0.3) is 0 Å². The van der Waals surface area contributed by atoms with Gasteiger partial charge in [0.1, 0.15) is 5.76 Å². The van der Waals surface area contributed by atoms with Crippen molar-refractivity contribution in [2.24, 2.45) is 0 Å². The Balaban J connectivity index is 1.38. The van der Waals surface area contributed by atoms with E-state index in [-0.39, 0.29) is 11.9 Å². The highest BCUT2D eigenvalue weighted by molar-refractivity contribution is 5.93. The Morgan fingerprint density at radius 1 is 1.29 bits per heavy atom. The molecule has 1 saturated heterocycles. The number of fused-ring (bicyclic) bond motifs is 1. The fourth-order valence-corrected chi connectivity index (χ4v) is 4.03. The quantitative estimate of drug-likeness (QED) is 0.941. The van der Waals surface area contributed by atoms with E-state index in [4.69, 9.17) is 4.42 Å². The van der Waals surface area contributed by atoms with Crippen molar-refractivity contribution in [3.8, 4) is 0 Å². The summed E-state index contributed by atoms with van der Waals surface area (Å²) in [5.74, 6) is 0.453. The van der Waals surface area contributed by atoms with E-state index in [1.807, 2.05) is 0 Å². The molecule has 2 aliphatic rings. The number of likely N-dealkylation sites (tertiary alicyclic amines) is 1. The van der Waals surface area contributed by atoms with Crippen molar-refractivity contribution in [3.05, 3.63) is 53.2 Å². The predicted molar refractivity (Wildman–Crippen MR) is 90.9 cm³/mol. The van der Waals surface area contributed by atoms with Gasteiger partial charge in [-0.2, -0.15) is 0 Å². The predicted octanol–water partition coefficient (Wildman–Crippen LogP) is 2.34. The second-order valence-electron chi connectivity index (χ2n) is 6.90. The number of nitrogens with zero attached hydrogens (tertiary/aromatic N) is 2. The number of amides is 1. The molecule has 0 saturated carbocycles. The van der Waals surface area contributed by atoms with Crippen LogP contribution >= 0.6 is 0 Å². The molecule has 0 radical (unpaired) electrons. The molecule has 1 amide bonds. The van der Waals surface area contributed by atoms with Crippen molar-refractivity contribution in [2.75, 3.05) is 13.1 Å². The average Bonchev–Trinajstić information content (AvgIpc) is 3.21. The fourth-order valence-electron chi connectivity index (χ4n) is 4.03. The molecule has 0 bridgehead atoms. The Morgan fingerprint density at radius 2 is 2.04 bits per heavy atom. The molecule has 2 heterocycles. The van der Waals surface area contributed by atoms with Crippen LogP contribution in [0.15, 0.2) is 35.1 Å². The number of oxazole rings is 1. The van der Waals surface area contributed by atoms with Gasteiger partial charge in [0.25, 0.3) is 5.91 Å². The zero-order chi connectivity index (χ0) is 16.5. The highest BCUT2D eigenvalue weighted by Crippen LogP contribution is 2.27. The minimum absolute atomic E-state index is 0.122. The Morgan fingerprint density at radius 3 is 2.71 bits per heavy atom. The van der Waals surface area contributed by atoms with E-state index in [1.165, 1.54) is 17.5 Å². The summed E-state index contributed by atoms with van der Waals surface area (Å²) in [6.07, 6.45) is 5.72. The van der Waals surface area contributed by atoms with Crippen molar-refractivity contribution >= 4 is 5.91 Å². The molecule has 1 fully saturated rings. The molecule has 1 atom stereocenters. The van der Waals surface area contributed by atoms with Crippen molar-refractivity contribution in [1.82, 2.24) is 15.2 Å². The van der Waals surface area contributed by atoms with Crippen molar-refractivity contribution in [3.63, 3.8) is 0 Å². The van der Waals surface area contributed by atoms with Gasteiger partial charge in [-0.3, -0.25) is 9.69 Å². The second-order valence-corrected chi connectivity index (χ2v) is 6.90. The van der Waals surface area contributed by atoms with Crippen LogP contribution in [0.4, 0.5) is 0 Å². The van der Waals surface area contributed by atoms with Gasteiger partial charge in [0.2, 0.25) is 0 Å². The van der Waals surface area contributed by atoms with Gasteiger partial charge in [0, 0.05) is 18.6 Å². The highest BCUT2D eigenvalue weighted by Gasteiger charge is 2.31. The van der Waals surface area contributed by atoms with Gasteiger partial charge in [0.05, 0.1) is 0 Å². The maximum Gasteiger partial charge on any atom is 0.273 e. The first-order valence-corrected chi connectivity index (χ1v) is 8.72. The first-order chi connectivity index (χ1) is 11.7. The summed E-state index contributed by atoms with van der Waals surface area (Å²) >= 11 is 0. The van der Waals surface area contributed by atoms with Gasteiger partial charge in [-0.05, 0) is 50.3 Å². The number of aromatic nitrogens is 1. The lowest BCUT2D eigenvalue weighted by atomic mass is 10.0. The lowest BCUT2D eigenvalue weighted by molar-refractivity contribution is 0.0870. The molecule has 1 aliphatic heterocycles. The summed E-state index contributed by atoms with van der Waals surface area (Å²) in [7, 11) is 0. The maximum absolute atomic E-state index is 12.3. The SMILES string of the molecule is Cc1ocnc1C(=O)NC1CCCN(C2Cc3ccccc3C2)C1. The molecule has 5 nitrogen and oxygen atoms in total. The number of carbonyl (C=O) groups is 1. The third-order valence-corrected chi connectivity index (χ3v) is 5.29. The van der Waals surface area contributed by atoms with Crippen LogP contribution in [0, 0.1) is 6.92 Å². The summed E-state index contributed by atoms with van der Waals surface area (Å²) in [4.78, 5) is 18.9. The van der Waals surface area contributed by atoms with Crippen LogP contribution in [0.1, 0.15) is 40.2 Å². The summed E-state index contributed by atoms with van der Waals surface area (Å²) in [5, 5.41) is 3.13. The van der Waals surface area contributed by atoms with E-state index in [2.05, 4.69) is 39.5 Å². The van der Waals surface area contributed by atoms with Gasteiger partial charge in [0.15, 0.2) is 12.1 Å². The van der Waals surface area contributed by atoms with E-state index < -0.39 is 0 Å². The van der Waals surface area contributed by atoms with E-state index in [0.717, 1.165) is 38.8 Å². The molecule has 1 aromatic heterocycles. The molecular weight excluding hydrogens is 302 g/mol. The molecule has 4 rings (SSSR count). The molecule has 2 aromatic rings. The van der Waals surface area contributed by atoms with Crippen LogP contribution in [0.2, 0.25) is 0 Å². The molecule has 24 heavy (non-hydrogen) atoms. The third-order valence-electron chi connectivity index (χ3n) is 5.29. The first-order valence-electron chi connectivity index (χ1n) is 8.72. The highest BCUT2D eigenvalue weighted by atomic mass is 16.3. The number of piperidine rings is 1. The summed E-state index contributed by atoms with van der Waals surface area (Å²) in [6.45, 7) is 3.81. The minimum Gasteiger partial charge on any atom is -0.448 e. The zero-order valence-corrected chi connectivity index (χ0v) is 14.0. The molecule has 5 heteroatoms. The largest absolute Gasteiger partial charge is 0.448 e. The van der Waals surface area contributed by atoms with Crippen LogP contribution in [0.5, 0.6) is 0 Å². The molecule has 1 unspecified atom stereocenters. The van der Waals surface area contributed by atoms with Gasteiger partial charge in [-0.15, -0.1) is 0 Å². The Labute approximate surface area is 142 Å². The Hall–Kier alpha value is -2.14. The Bertz CT molecular complexity index is 715. The number of hydrogen-bond donors (Lipinski definition) is 1. The number of hydrogen-bond acceptors (Lipinski definition) is 4. The van der Waals surface area contributed by atoms with Gasteiger partial charge in [-0.1, -0.05) is 24.3 Å². The number of nitrogens with one attached hydrogen (secondary N) is 1. The molecule has 1 N–H and O–H groups in total. The fraction of sp³-hybridized carbons (Fsp3) is 0.474. The lowest BCUT2D eigenvalue weighted by Gasteiger charge is -2.37. The monoisotopic (exact) mass is 325 g/mol. The maximum atomic E-state index is 12.3. The molecule has 1 aromatic carbocycles. The normalized spacial score (nSPS) is 21.6. The topological polar surface area (TPSA) is 58.4 Å². The second kappa shape index (κ2) is 6.40. The summed E-state index contributed by atoms with van der Waals surface area (Å²) in [5.41, 5.74) is 3.36. The summed E-state index contributed by atoms with van der Waals surface area (Å²) in [6, 6.07) is 9.49. The molecular formula is C19H23N3O2. The smallest absolute Gasteiger partial charge is 0.273 e. The van der Waals surface area contributed by atoms with Gasteiger partial charge in [-0.25, -0.2) is 4.98 Å². The number of aryl methyl sites for hydroxylation is 1. The number of carbonyl (C=O) groups excluding carboxylic acids is 1. The Kier molecular flexibility index (Phi) is 4.10. The van der Waals surface area contributed by atoms with Crippen LogP contribution in [0.3, 0.4) is 0 Å². The van der Waals surface area contributed by atoms with Gasteiger partial charge >= 0.3 is 0 Å². The molecule has 126 valence electrons. The molecule has 1 aliphatic carbocycles. The average molecular weight is 325 g/mol. The van der Waals surface area contributed by atoms with E-state index in [0.29, 0.717) is 17.5 Å². The third kappa shape index (κ3) is 2.96. The van der Waals surface area contributed by atoms with Crippen LogP contribution in [-0.4, -0.2) is 41.0 Å². The zero-order valence-electron chi connectivity index (χ0n) is 14.0. The van der Waals surface area contributed by atoms with Crippen molar-refractivity contribution < 1.29 is 9.21 Å². The first kappa shape index (κ1) is 15.4. The number of rotatable bonds is 3. The van der Waals surface area contributed by atoms with E-state index >= 15 is 0 Å². The standard InChI is InChI=1S/C19H23N3O2/c1-13-18(20-12-24-13)19(23)21-16-7-4-8-22(11-16)17-9-14-5-2-3-6-15(14)10-17/h2-3,5-6,12,16-17H,4,7-11H2,1H3,(H,21,23).